The van der Waals surface area contributed by atoms with E-state index in [-0.39, 0.29) is 11.7 Å². The third-order valence-electron chi connectivity index (χ3n) is 6.97. The van der Waals surface area contributed by atoms with Crippen molar-refractivity contribution in [1.29, 1.82) is 0 Å². The zero-order valence-electron chi connectivity index (χ0n) is 20.1. The molecule has 0 spiro atoms. The Morgan fingerprint density at radius 2 is 1.89 bits per heavy atom. The van der Waals surface area contributed by atoms with E-state index in [2.05, 4.69) is 21.0 Å². The molecular weight excluding hydrogens is 544 g/mol. The first-order valence-electron chi connectivity index (χ1n) is 11.8. The lowest BCUT2D eigenvalue weighted by molar-refractivity contribution is 0.393. The van der Waals surface area contributed by atoms with Gasteiger partial charge in [0, 0.05) is 26.3 Å². The highest BCUT2D eigenvalue weighted by Crippen LogP contribution is 2.45. The Morgan fingerprint density at radius 3 is 2.58 bits per heavy atom. The molecule has 4 heterocycles. The molecule has 0 aliphatic heterocycles. The fourth-order valence-electron chi connectivity index (χ4n) is 5.31. The number of aromatic nitrogens is 6. The zero-order valence-corrected chi connectivity index (χ0v) is 22.5. The van der Waals surface area contributed by atoms with Gasteiger partial charge in [0.05, 0.1) is 39.8 Å². The van der Waals surface area contributed by atoms with Gasteiger partial charge < -0.3 is 9.29 Å². The Kier molecular flexibility index (Phi) is 5.73. The van der Waals surface area contributed by atoms with Crippen molar-refractivity contribution in [2.75, 3.05) is 7.11 Å². The van der Waals surface area contributed by atoms with E-state index >= 15 is 0 Å². The normalized spacial score (nSPS) is 15.4. The number of nitrogens with zero attached hydrogens (tertiary/aromatic N) is 6. The molecule has 186 valence electrons. The Bertz CT molecular complexity index is 1660. The van der Waals surface area contributed by atoms with E-state index in [1.165, 1.54) is 0 Å². The maximum atomic E-state index is 14.1. The molecule has 0 saturated heterocycles. The SMILES string of the molecule is COc1nn(C)cc1-c1c(Br)c2c(ncc3c2n(C2CCCC2)c(=O)n3C)n1[S+]([O-])c1ccccc1. The summed E-state index contributed by atoms with van der Waals surface area (Å²) in [6.45, 7) is 0. The van der Waals surface area contributed by atoms with Crippen LogP contribution in [0.15, 0.2) is 56.9 Å². The molecule has 4 aromatic heterocycles. The Balaban J connectivity index is 1.77. The molecule has 1 unspecified atom stereocenters. The number of methoxy groups -OCH3 is 1. The van der Waals surface area contributed by atoms with Crippen LogP contribution in [-0.2, 0) is 25.5 Å². The lowest BCUT2D eigenvalue weighted by Crippen LogP contribution is -2.24. The largest absolute Gasteiger partial charge is 0.587 e. The number of imidazole rings is 1. The summed E-state index contributed by atoms with van der Waals surface area (Å²) in [4.78, 5) is 18.8. The van der Waals surface area contributed by atoms with Gasteiger partial charge in [0.25, 0.3) is 0 Å². The fourth-order valence-corrected chi connectivity index (χ4v) is 7.44. The number of rotatable bonds is 5. The molecule has 6 rings (SSSR count). The number of ether oxygens (including phenoxy) is 1. The summed E-state index contributed by atoms with van der Waals surface area (Å²) < 4.78 is 27.3. The van der Waals surface area contributed by atoms with Crippen molar-refractivity contribution in [3.8, 4) is 17.1 Å². The summed E-state index contributed by atoms with van der Waals surface area (Å²) in [6, 6.07) is 9.39. The highest BCUT2D eigenvalue weighted by Gasteiger charge is 2.34. The van der Waals surface area contributed by atoms with Crippen molar-refractivity contribution in [1.82, 2.24) is 27.9 Å². The molecule has 0 amide bonds. The fraction of sp³-hybridized carbons (Fsp3) is 0.320. The molecule has 1 aromatic carbocycles. The van der Waals surface area contributed by atoms with Crippen LogP contribution in [0.3, 0.4) is 0 Å². The summed E-state index contributed by atoms with van der Waals surface area (Å²) in [7, 11) is 5.15. The van der Waals surface area contributed by atoms with Gasteiger partial charge >= 0.3 is 5.69 Å². The van der Waals surface area contributed by atoms with Crippen LogP contribution < -0.4 is 10.4 Å². The molecule has 36 heavy (non-hydrogen) atoms. The van der Waals surface area contributed by atoms with Gasteiger partial charge in [-0.1, -0.05) is 31.0 Å². The van der Waals surface area contributed by atoms with E-state index in [1.54, 1.807) is 33.6 Å². The Labute approximate surface area is 218 Å². The topological polar surface area (TPSA) is 94.9 Å². The van der Waals surface area contributed by atoms with Gasteiger partial charge in [-0.2, -0.15) is 0 Å². The van der Waals surface area contributed by atoms with Gasteiger partial charge in [0.1, 0.15) is 17.1 Å². The second-order valence-corrected chi connectivity index (χ2v) is 11.2. The summed E-state index contributed by atoms with van der Waals surface area (Å²) in [5.74, 6) is 0.407. The van der Waals surface area contributed by atoms with Crippen molar-refractivity contribution < 1.29 is 9.29 Å². The van der Waals surface area contributed by atoms with Crippen LogP contribution in [0.4, 0.5) is 0 Å². The summed E-state index contributed by atoms with van der Waals surface area (Å²) >= 11 is 2.21. The number of benzene rings is 1. The summed E-state index contributed by atoms with van der Waals surface area (Å²) in [5.41, 5.74) is 3.32. The number of aryl methyl sites for hydroxylation is 2. The van der Waals surface area contributed by atoms with Crippen molar-refractivity contribution in [3.05, 3.63) is 57.7 Å². The molecule has 1 aliphatic rings. The predicted octanol–water partition coefficient (Wildman–Crippen LogP) is 4.55. The minimum absolute atomic E-state index is 0.0597. The van der Waals surface area contributed by atoms with Gasteiger partial charge in [0.15, 0.2) is 10.5 Å². The van der Waals surface area contributed by atoms with Crippen molar-refractivity contribution in [3.63, 3.8) is 0 Å². The van der Waals surface area contributed by atoms with Gasteiger partial charge in [-0.25, -0.2) is 9.78 Å². The molecule has 11 heteroatoms. The van der Waals surface area contributed by atoms with E-state index in [1.807, 2.05) is 48.1 Å². The molecule has 0 bridgehead atoms. The standard InChI is InChI=1S/C25H25BrN6O3S/c1-29-14-17(24(28-29)35-3)21-20(26)19-22-18(30(2)25(33)31(22)15-9-7-8-10-15)13-27-23(19)32(21)36(34)16-11-5-4-6-12-16/h4-6,11-15H,7-10H2,1-3H3. The third-order valence-corrected chi connectivity index (χ3v) is 9.11. The number of pyridine rings is 1. The van der Waals surface area contributed by atoms with Crippen LogP contribution in [-0.4, -0.2) is 39.5 Å². The smallest absolute Gasteiger partial charge is 0.329 e. The molecule has 0 N–H and O–H groups in total. The number of halogens is 1. The molecule has 1 saturated carbocycles. The van der Waals surface area contributed by atoms with E-state index in [9.17, 15) is 9.35 Å². The quantitative estimate of drug-likeness (QED) is 0.290. The van der Waals surface area contributed by atoms with Gasteiger partial charge in [0.2, 0.25) is 5.88 Å². The molecule has 1 atom stereocenters. The van der Waals surface area contributed by atoms with Crippen molar-refractivity contribution >= 4 is 49.4 Å². The highest BCUT2D eigenvalue weighted by molar-refractivity contribution is 9.10. The second-order valence-electron chi connectivity index (χ2n) is 9.09. The first-order valence-corrected chi connectivity index (χ1v) is 13.7. The summed E-state index contributed by atoms with van der Waals surface area (Å²) in [6.07, 6.45) is 7.66. The average molecular weight is 569 g/mol. The van der Waals surface area contributed by atoms with Crippen LogP contribution in [0, 0.1) is 0 Å². The molecule has 5 aromatic rings. The van der Waals surface area contributed by atoms with E-state index in [0.717, 1.165) is 42.1 Å². The van der Waals surface area contributed by atoms with Crippen LogP contribution in [0.1, 0.15) is 31.7 Å². The molecular formula is C25H25BrN6O3S. The molecule has 9 nitrogen and oxygen atoms in total. The first-order chi connectivity index (χ1) is 17.4. The van der Waals surface area contributed by atoms with Crippen LogP contribution in [0.5, 0.6) is 5.88 Å². The highest BCUT2D eigenvalue weighted by atomic mass is 79.9. The lowest BCUT2D eigenvalue weighted by atomic mass is 10.2. The number of hydrogen-bond acceptors (Lipinski definition) is 5. The monoisotopic (exact) mass is 568 g/mol. The first kappa shape index (κ1) is 23.4. The molecule has 1 fully saturated rings. The van der Waals surface area contributed by atoms with Crippen LogP contribution in [0.2, 0.25) is 0 Å². The minimum atomic E-state index is -1.63. The van der Waals surface area contributed by atoms with E-state index < -0.39 is 11.4 Å². The van der Waals surface area contributed by atoms with Gasteiger partial charge in [-0.05, 0) is 40.9 Å². The summed E-state index contributed by atoms with van der Waals surface area (Å²) in [5, 5.41) is 5.18. The van der Waals surface area contributed by atoms with Crippen LogP contribution >= 0.6 is 15.9 Å². The van der Waals surface area contributed by atoms with Crippen molar-refractivity contribution in [2.45, 2.75) is 36.6 Å². The lowest BCUT2D eigenvalue weighted by Gasteiger charge is -2.14. The number of hydrogen-bond donors (Lipinski definition) is 0. The van der Waals surface area contributed by atoms with Gasteiger partial charge in [-0.3, -0.25) is 13.8 Å². The van der Waals surface area contributed by atoms with Crippen LogP contribution in [0.25, 0.3) is 33.3 Å². The minimum Gasteiger partial charge on any atom is -0.587 e. The maximum Gasteiger partial charge on any atom is 0.329 e. The van der Waals surface area contributed by atoms with E-state index in [4.69, 9.17) is 9.72 Å². The van der Waals surface area contributed by atoms with E-state index in [0.29, 0.717) is 32.2 Å². The Hall–Kier alpha value is -3.02. The number of fused-ring (bicyclic) bond motifs is 3. The molecule has 0 radical (unpaired) electrons. The van der Waals surface area contributed by atoms with Crippen molar-refractivity contribution in [2.24, 2.45) is 14.1 Å². The Morgan fingerprint density at radius 1 is 1.17 bits per heavy atom. The van der Waals surface area contributed by atoms with Gasteiger partial charge in [-0.15, -0.1) is 9.07 Å². The predicted molar refractivity (Wildman–Crippen MR) is 143 cm³/mol. The average Bonchev–Trinajstić information content (AvgIpc) is 3.65. The zero-order chi connectivity index (χ0) is 25.1. The molecule has 1 aliphatic carbocycles. The second kappa shape index (κ2) is 8.82. The maximum absolute atomic E-state index is 14.1. The third kappa shape index (κ3) is 3.36.